The van der Waals surface area contributed by atoms with Crippen LogP contribution in [0.4, 0.5) is 0 Å². The van der Waals surface area contributed by atoms with Crippen molar-refractivity contribution >= 4 is 45.5 Å². The molecule has 0 fully saturated rings. The molecule has 6 heteroatoms. The quantitative estimate of drug-likeness (QED) is 0.355. The monoisotopic (exact) mass is 428 g/mol. The van der Waals surface area contributed by atoms with Crippen LogP contribution in [0.15, 0.2) is 12.1 Å². The summed E-state index contributed by atoms with van der Waals surface area (Å²) in [5.41, 5.74) is 2.44. The number of benzene rings is 1. The maximum atomic E-state index is 5.75. The summed E-state index contributed by atoms with van der Waals surface area (Å²) >= 11 is 0. The first-order valence-electron chi connectivity index (χ1n) is 8.99. The van der Waals surface area contributed by atoms with Gasteiger partial charge >= 0.3 is 45.5 Å². The molecule has 0 aliphatic carbocycles. The SMILES string of the molecule is CCCCOCCOCCOCc1cc2c(cc1CCC)OCO2.[H-].[H-].[Sr+2]. The van der Waals surface area contributed by atoms with E-state index in [0.717, 1.165) is 43.8 Å². The van der Waals surface area contributed by atoms with E-state index in [-0.39, 0.29) is 48.3 Å². The van der Waals surface area contributed by atoms with E-state index in [1.807, 2.05) is 6.07 Å². The van der Waals surface area contributed by atoms with Crippen LogP contribution in [0, 0.1) is 0 Å². The summed E-state index contributed by atoms with van der Waals surface area (Å²) < 4.78 is 27.6. The predicted octanol–water partition coefficient (Wildman–Crippen LogP) is 3.56. The average molecular weight is 428 g/mol. The van der Waals surface area contributed by atoms with Gasteiger partial charge in [-0.2, -0.15) is 0 Å². The second-order valence-electron chi connectivity index (χ2n) is 5.86. The summed E-state index contributed by atoms with van der Waals surface area (Å²) in [6.45, 7) is 8.47. The van der Waals surface area contributed by atoms with Gasteiger partial charge in [0.15, 0.2) is 11.5 Å². The Morgan fingerprint density at radius 3 is 2.08 bits per heavy atom. The third-order valence-electron chi connectivity index (χ3n) is 3.86. The molecule has 5 nitrogen and oxygen atoms in total. The summed E-state index contributed by atoms with van der Waals surface area (Å²) in [6, 6.07) is 4.12. The summed E-state index contributed by atoms with van der Waals surface area (Å²) in [4.78, 5) is 0. The van der Waals surface area contributed by atoms with Crippen LogP contribution in [0.1, 0.15) is 47.1 Å². The Morgan fingerprint density at radius 1 is 0.840 bits per heavy atom. The van der Waals surface area contributed by atoms with Gasteiger partial charge in [-0.1, -0.05) is 26.7 Å². The fraction of sp³-hybridized carbons (Fsp3) is 0.684. The third kappa shape index (κ3) is 8.61. The summed E-state index contributed by atoms with van der Waals surface area (Å²) in [5, 5.41) is 0. The number of unbranched alkanes of at least 4 members (excludes halogenated alkanes) is 1. The molecule has 0 atom stereocenters. The molecule has 1 aliphatic rings. The summed E-state index contributed by atoms with van der Waals surface area (Å²) in [7, 11) is 0. The van der Waals surface area contributed by atoms with Gasteiger partial charge in [0.25, 0.3) is 0 Å². The van der Waals surface area contributed by atoms with Crippen LogP contribution in [0.5, 0.6) is 11.5 Å². The van der Waals surface area contributed by atoms with Crippen molar-refractivity contribution in [3.63, 3.8) is 0 Å². The predicted molar refractivity (Wildman–Crippen MR) is 101 cm³/mol. The van der Waals surface area contributed by atoms with Crippen LogP contribution >= 0.6 is 0 Å². The zero-order chi connectivity index (χ0) is 17.0. The largest absolute Gasteiger partial charge is 2.00 e. The molecule has 0 saturated carbocycles. The molecule has 0 amide bonds. The van der Waals surface area contributed by atoms with E-state index < -0.39 is 0 Å². The Labute approximate surface area is 191 Å². The molecule has 140 valence electrons. The standard InChI is InChI=1S/C19H30O5.Sr.2H/c1-3-5-7-20-8-9-21-10-11-22-14-17-13-19-18(23-15-24-19)12-16(17)6-4-2;;;/h12-13H,3-11,14-15H2,1-2H3;;;/q;+2;2*-1. The third-order valence-corrected chi connectivity index (χ3v) is 3.86. The number of fused-ring (bicyclic) bond motifs is 1. The maximum Gasteiger partial charge on any atom is 2.00 e. The van der Waals surface area contributed by atoms with Crippen molar-refractivity contribution in [3.05, 3.63) is 23.3 Å². The first kappa shape index (κ1) is 23.2. The van der Waals surface area contributed by atoms with Crippen LogP contribution in [0.25, 0.3) is 0 Å². The van der Waals surface area contributed by atoms with Crippen LogP contribution in [0.3, 0.4) is 0 Å². The smallest absolute Gasteiger partial charge is 1.00 e. The van der Waals surface area contributed by atoms with E-state index in [0.29, 0.717) is 39.8 Å². The van der Waals surface area contributed by atoms with Crippen molar-refractivity contribution in [2.24, 2.45) is 0 Å². The van der Waals surface area contributed by atoms with Crippen molar-refractivity contribution in [1.29, 1.82) is 0 Å². The molecule has 0 N–H and O–H groups in total. The molecule has 0 bridgehead atoms. The van der Waals surface area contributed by atoms with Crippen molar-refractivity contribution in [2.45, 2.75) is 46.1 Å². The molecule has 1 aromatic carbocycles. The van der Waals surface area contributed by atoms with Gasteiger partial charge in [0.05, 0.1) is 33.0 Å². The van der Waals surface area contributed by atoms with Gasteiger partial charge < -0.3 is 26.5 Å². The maximum absolute atomic E-state index is 5.75. The minimum Gasteiger partial charge on any atom is -1.00 e. The van der Waals surface area contributed by atoms with E-state index in [9.17, 15) is 0 Å². The van der Waals surface area contributed by atoms with Gasteiger partial charge in [0.2, 0.25) is 6.79 Å². The second-order valence-corrected chi connectivity index (χ2v) is 5.86. The molecule has 2 rings (SSSR count). The molecule has 0 saturated heterocycles. The molecule has 0 radical (unpaired) electrons. The number of aryl methyl sites for hydroxylation is 1. The Bertz CT molecular complexity index is 491. The first-order valence-corrected chi connectivity index (χ1v) is 8.99. The topological polar surface area (TPSA) is 46.2 Å². The minimum atomic E-state index is 0. The number of rotatable bonds is 13. The van der Waals surface area contributed by atoms with E-state index in [2.05, 4.69) is 19.9 Å². The Hall–Kier alpha value is 0.181. The van der Waals surface area contributed by atoms with E-state index >= 15 is 0 Å². The van der Waals surface area contributed by atoms with Crippen LogP contribution in [-0.2, 0) is 27.2 Å². The number of hydrogen-bond acceptors (Lipinski definition) is 5. The molecule has 0 unspecified atom stereocenters. The number of ether oxygens (including phenoxy) is 5. The van der Waals surface area contributed by atoms with Gasteiger partial charge in [-0.3, -0.25) is 0 Å². The fourth-order valence-corrected chi connectivity index (χ4v) is 2.53. The molecule has 1 aliphatic heterocycles. The van der Waals surface area contributed by atoms with Gasteiger partial charge in [-0.25, -0.2) is 0 Å². The van der Waals surface area contributed by atoms with Gasteiger partial charge in [-0.05, 0) is 36.1 Å². The van der Waals surface area contributed by atoms with Crippen LogP contribution < -0.4 is 9.47 Å². The van der Waals surface area contributed by atoms with Crippen molar-refractivity contribution in [1.82, 2.24) is 0 Å². The van der Waals surface area contributed by atoms with E-state index in [4.69, 9.17) is 23.7 Å². The molecule has 1 aromatic rings. The molecule has 0 aromatic heterocycles. The second kappa shape index (κ2) is 14.3. The number of hydrogen-bond donors (Lipinski definition) is 0. The van der Waals surface area contributed by atoms with Gasteiger partial charge in [-0.15, -0.1) is 0 Å². The molecular formula is C19H32O5Sr. The Balaban J connectivity index is 0. The average Bonchev–Trinajstić information content (AvgIpc) is 3.04. The van der Waals surface area contributed by atoms with Crippen LogP contribution in [0.2, 0.25) is 0 Å². The fourth-order valence-electron chi connectivity index (χ4n) is 2.53. The molecular weight excluding hydrogens is 396 g/mol. The molecule has 25 heavy (non-hydrogen) atoms. The normalized spacial score (nSPS) is 12.2. The first-order chi connectivity index (χ1) is 11.8. The Kier molecular flexibility index (Phi) is 13.2. The van der Waals surface area contributed by atoms with Gasteiger partial charge in [0.1, 0.15) is 0 Å². The van der Waals surface area contributed by atoms with Crippen molar-refractivity contribution < 1.29 is 26.5 Å². The van der Waals surface area contributed by atoms with Crippen LogP contribution in [-0.4, -0.2) is 85.3 Å². The van der Waals surface area contributed by atoms with E-state index in [1.54, 1.807) is 0 Å². The van der Waals surface area contributed by atoms with Gasteiger partial charge in [0, 0.05) is 6.61 Å². The zero-order valence-electron chi connectivity index (χ0n) is 17.7. The Morgan fingerprint density at radius 2 is 1.44 bits per heavy atom. The zero-order valence-corrected chi connectivity index (χ0v) is 19.2. The molecule has 1 heterocycles. The minimum absolute atomic E-state index is 0. The summed E-state index contributed by atoms with van der Waals surface area (Å²) in [5.74, 6) is 1.66. The van der Waals surface area contributed by atoms with Crippen molar-refractivity contribution in [2.75, 3.05) is 39.8 Å². The summed E-state index contributed by atoms with van der Waals surface area (Å²) in [6.07, 6.45) is 4.38. The van der Waals surface area contributed by atoms with E-state index in [1.165, 1.54) is 11.1 Å². The van der Waals surface area contributed by atoms with Crippen molar-refractivity contribution in [3.8, 4) is 11.5 Å². The molecule has 0 spiro atoms.